The maximum Gasteiger partial charge on any atom is 0.0294 e. The summed E-state index contributed by atoms with van der Waals surface area (Å²) in [6.45, 7) is 0. The molecule has 0 N–H and O–H groups in total. The van der Waals surface area contributed by atoms with Gasteiger partial charge >= 0.3 is 0 Å². The summed E-state index contributed by atoms with van der Waals surface area (Å²) in [5, 5.41) is 1.79. The SMILES string of the molecule is BrCc1ccccc1Sc1ccccc1CBr. The molecule has 2 aromatic carbocycles. The van der Waals surface area contributed by atoms with Gasteiger partial charge in [0.1, 0.15) is 0 Å². The summed E-state index contributed by atoms with van der Waals surface area (Å²) < 4.78 is 0. The van der Waals surface area contributed by atoms with Crippen LogP contribution in [-0.2, 0) is 10.7 Å². The Morgan fingerprint density at radius 2 is 1.12 bits per heavy atom. The van der Waals surface area contributed by atoms with Gasteiger partial charge in [-0.25, -0.2) is 0 Å². The van der Waals surface area contributed by atoms with Gasteiger partial charge in [0.25, 0.3) is 0 Å². The molecule has 2 aromatic rings. The molecule has 0 nitrogen and oxygen atoms in total. The molecule has 0 heterocycles. The van der Waals surface area contributed by atoms with Crippen LogP contribution in [-0.4, -0.2) is 0 Å². The first-order valence-corrected chi connectivity index (χ1v) is 8.36. The van der Waals surface area contributed by atoms with Crippen LogP contribution in [0.15, 0.2) is 58.3 Å². The van der Waals surface area contributed by atoms with Gasteiger partial charge in [0.05, 0.1) is 0 Å². The molecule has 2 rings (SSSR count). The van der Waals surface area contributed by atoms with Gasteiger partial charge in [-0.15, -0.1) is 0 Å². The molecule has 0 aliphatic rings. The predicted molar refractivity (Wildman–Crippen MR) is 82.3 cm³/mol. The maximum atomic E-state index is 3.53. The number of halogens is 2. The zero-order chi connectivity index (χ0) is 12.1. The number of benzene rings is 2. The monoisotopic (exact) mass is 370 g/mol. The van der Waals surface area contributed by atoms with E-state index in [2.05, 4.69) is 80.4 Å². The summed E-state index contributed by atoms with van der Waals surface area (Å²) in [6.07, 6.45) is 0. The van der Waals surface area contributed by atoms with Crippen LogP contribution < -0.4 is 0 Å². The summed E-state index contributed by atoms with van der Waals surface area (Å²) in [6, 6.07) is 17.0. The van der Waals surface area contributed by atoms with E-state index in [0.717, 1.165) is 10.7 Å². The smallest absolute Gasteiger partial charge is 0.0294 e. The average molecular weight is 372 g/mol. The Morgan fingerprint density at radius 1 is 0.706 bits per heavy atom. The molecule has 0 radical (unpaired) electrons. The van der Waals surface area contributed by atoms with E-state index < -0.39 is 0 Å². The largest absolute Gasteiger partial charge is 0.0895 e. The van der Waals surface area contributed by atoms with Gasteiger partial charge in [-0.3, -0.25) is 0 Å². The minimum atomic E-state index is 0.895. The Hall–Kier alpha value is -0.250. The summed E-state index contributed by atoms with van der Waals surface area (Å²) in [4.78, 5) is 2.63. The third-order valence-electron chi connectivity index (χ3n) is 2.45. The summed E-state index contributed by atoms with van der Waals surface area (Å²) in [5.41, 5.74) is 2.67. The fourth-order valence-corrected chi connectivity index (χ4v) is 3.97. The van der Waals surface area contributed by atoms with E-state index in [4.69, 9.17) is 0 Å². The van der Waals surface area contributed by atoms with Crippen molar-refractivity contribution >= 4 is 43.6 Å². The van der Waals surface area contributed by atoms with E-state index in [0.29, 0.717) is 0 Å². The van der Waals surface area contributed by atoms with Crippen LogP contribution in [0.5, 0.6) is 0 Å². The van der Waals surface area contributed by atoms with Crippen LogP contribution in [0.3, 0.4) is 0 Å². The zero-order valence-electron chi connectivity index (χ0n) is 9.20. The van der Waals surface area contributed by atoms with Crippen molar-refractivity contribution in [1.82, 2.24) is 0 Å². The molecule has 0 spiro atoms. The Bertz CT molecular complexity index is 452. The molecule has 0 saturated carbocycles. The van der Waals surface area contributed by atoms with Crippen LogP contribution in [0.4, 0.5) is 0 Å². The summed E-state index contributed by atoms with van der Waals surface area (Å²) >= 11 is 8.90. The molecule has 0 fully saturated rings. The van der Waals surface area contributed by atoms with Gasteiger partial charge in [0.15, 0.2) is 0 Å². The van der Waals surface area contributed by atoms with Crippen molar-refractivity contribution in [3.8, 4) is 0 Å². The van der Waals surface area contributed by atoms with Crippen molar-refractivity contribution in [3.05, 3.63) is 59.7 Å². The van der Waals surface area contributed by atoms with Gasteiger partial charge in [-0.2, -0.15) is 0 Å². The van der Waals surface area contributed by atoms with Gasteiger partial charge in [-0.1, -0.05) is 80.0 Å². The van der Waals surface area contributed by atoms with Crippen LogP contribution in [0.1, 0.15) is 11.1 Å². The second kappa shape index (κ2) is 6.62. The molecule has 0 aliphatic heterocycles. The Kier molecular flexibility index (Phi) is 5.14. The molecule has 0 aliphatic carbocycles. The predicted octanol–water partition coefficient (Wildman–Crippen LogP) is 5.63. The van der Waals surface area contributed by atoms with Crippen LogP contribution >= 0.6 is 43.6 Å². The fourth-order valence-electron chi connectivity index (χ4n) is 1.55. The molecule has 0 aromatic heterocycles. The highest BCUT2D eigenvalue weighted by atomic mass is 79.9. The number of hydrogen-bond donors (Lipinski definition) is 0. The molecular weight excluding hydrogens is 360 g/mol. The quantitative estimate of drug-likeness (QED) is 0.627. The first-order chi connectivity index (χ1) is 8.35. The normalized spacial score (nSPS) is 10.5. The maximum absolute atomic E-state index is 3.53. The summed E-state index contributed by atoms with van der Waals surface area (Å²) in [5.74, 6) is 0. The van der Waals surface area contributed by atoms with E-state index in [1.165, 1.54) is 20.9 Å². The first kappa shape index (κ1) is 13.2. The number of alkyl halides is 2. The zero-order valence-corrected chi connectivity index (χ0v) is 13.2. The van der Waals surface area contributed by atoms with Crippen LogP contribution in [0.25, 0.3) is 0 Å². The van der Waals surface area contributed by atoms with E-state index >= 15 is 0 Å². The lowest BCUT2D eigenvalue weighted by molar-refractivity contribution is 1.24. The van der Waals surface area contributed by atoms with Crippen LogP contribution in [0, 0.1) is 0 Å². The standard InChI is InChI=1S/C14H12Br2S/c15-9-11-5-1-3-7-13(11)17-14-8-4-2-6-12(14)10-16/h1-8H,9-10H2. The molecule has 0 bridgehead atoms. The summed E-state index contributed by atoms with van der Waals surface area (Å²) in [7, 11) is 0. The highest BCUT2D eigenvalue weighted by molar-refractivity contribution is 9.08. The molecule has 3 heteroatoms. The second-order valence-electron chi connectivity index (χ2n) is 3.58. The lowest BCUT2D eigenvalue weighted by Gasteiger charge is -2.09. The lowest BCUT2D eigenvalue weighted by atomic mass is 10.2. The third-order valence-corrected chi connectivity index (χ3v) is 4.90. The molecular formula is C14H12Br2S. The van der Waals surface area contributed by atoms with Crippen molar-refractivity contribution < 1.29 is 0 Å². The highest BCUT2D eigenvalue weighted by Gasteiger charge is 2.05. The van der Waals surface area contributed by atoms with Crippen molar-refractivity contribution in [2.24, 2.45) is 0 Å². The first-order valence-electron chi connectivity index (χ1n) is 5.30. The molecule has 17 heavy (non-hydrogen) atoms. The van der Waals surface area contributed by atoms with Gasteiger partial charge in [0, 0.05) is 20.5 Å². The van der Waals surface area contributed by atoms with E-state index in [9.17, 15) is 0 Å². The molecule has 0 amide bonds. The third kappa shape index (κ3) is 3.36. The van der Waals surface area contributed by atoms with E-state index in [-0.39, 0.29) is 0 Å². The lowest BCUT2D eigenvalue weighted by Crippen LogP contribution is -1.86. The topological polar surface area (TPSA) is 0 Å². The molecule has 0 saturated heterocycles. The molecule has 0 unspecified atom stereocenters. The number of hydrogen-bond acceptors (Lipinski definition) is 1. The Labute approximate surface area is 123 Å². The van der Waals surface area contributed by atoms with Gasteiger partial charge in [-0.05, 0) is 23.3 Å². The average Bonchev–Trinajstić information content (AvgIpc) is 2.40. The van der Waals surface area contributed by atoms with Crippen LogP contribution in [0.2, 0.25) is 0 Å². The Balaban J connectivity index is 2.31. The van der Waals surface area contributed by atoms with E-state index in [1.807, 2.05) is 11.8 Å². The Morgan fingerprint density at radius 3 is 1.53 bits per heavy atom. The number of rotatable bonds is 4. The highest BCUT2D eigenvalue weighted by Crippen LogP contribution is 2.34. The van der Waals surface area contributed by atoms with Gasteiger partial charge in [0.2, 0.25) is 0 Å². The van der Waals surface area contributed by atoms with Gasteiger partial charge < -0.3 is 0 Å². The van der Waals surface area contributed by atoms with E-state index in [1.54, 1.807) is 0 Å². The molecule has 88 valence electrons. The minimum absolute atomic E-state index is 0.895. The van der Waals surface area contributed by atoms with Crippen molar-refractivity contribution in [2.75, 3.05) is 0 Å². The van der Waals surface area contributed by atoms with Crippen molar-refractivity contribution in [2.45, 2.75) is 20.5 Å². The van der Waals surface area contributed by atoms with Crippen molar-refractivity contribution in [3.63, 3.8) is 0 Å². The minimum Gasteiger partial charge on any atom is -0.0895 e. The van der Waals surface area contributed by atoms with Crippen molar-refractivity contribution in [1.29, 1.82) is 0 Å². The second-order valence-corrected chi connectivity index (χ2v) is 5.79. The fraction of sp³-hybridized carbons (Fsp3) is 0.143. The molecule has 0 atom stereocenters.